The Bertz CT molecular complexity index is 905. The van der Waals surface area contributed by atoms with E-state index < -0.39 is 0 Å². The van der Waals surface area contributed by atoms with Crippen LogP contribution in [-0.4, -0.2) is 37.0 Å². The van der Waals surface area contributed by atoms with Gasteiger partial charge in [0.15, 0.2) is 0 Å². The van der Waals surface area contributed by atoms with Gasteiger partial charge in [-0.3, -0.25) is 4.79 Å². The van der Waals surface area contributed by atoms with Gasteiger partial charge in [-0.1, -0.05) is 48.5 Å². The zero-order valence-corrected chi connectivity index (χ0v) is 17.1. The van der Waals surface area contributed by atoms with Crippen LogP contribution in [0.5, 0.6) is 0 Å². The lowest BCUT2D eigenvalue weighted by Gasteiger charge is -2.44. The number of amides is 1. The number of carbonyl (C=O) groups is 1. The third kappa shape index (κ3) is 2.59. The maximum Gasteiger partial charge on any atom is 0.229 e. The van der Waals surface area contributed by atoms with Crippen molar-refractivity contribution in [3.63, 3.8) is 0 Å². The van der Waals surface area contributed by atoms with Crippen LogP contribution in [0, 0.1) is 17.3 Å². The zero-order valence-electron chi connectivity index (χ0n) is 17.1. The molecule has 4 atom stereocenters. The summed E-state index contributed by atoms with van der Waals surface area (Å²) in [6.07, 6.45) is 6.03. The molecule has 1 heterocycles. The molecule has 4 bridgehead atoms. The lowest BCUT2D eigenvalue weighted by Crippen LogP contribution is -2.54. The van der Waals surface area contributed by atoms with Crippen molar-refractivity contribution in [1.82, 2.24) is 4.90 Å². The van der Waals surface area contributed by atoms with Crippen molar-refractivity contribution in [2.45, 2.75) is 37.5 Å². The van der Waals surface area contributed by atoms with E-state index in [0.29, 0.717) is 11.8 Å². The Kier molecular flexibility index (Phi) is 3.85. The number of benzene rings is 2. The second-order valence-corrected chi connectivity index (χ2v) is 10.0. The number of piperazine rings is 1. The minimum absolute atomic E-state index is 0.0757. The van der Waals surface area contributed by atoms with E-state index in [4.69, 9.17) is 0 Å². The minimum atomic E-state index is -0.0757. The van der Waals surface area contributed by atoms with Crippen LogP contribution in [0.25, 0.3) is 0 Å². The van der Waals surface area contributed by atoms with Gasteiger partial charge in [0.25, 0.3) is 0 Å². The van der Waals surface area contributed by atoms with E-state index >= 15 is 0 Å². The van der Waals surface area contributed by atoms with E-state index in [-0.39, 0.29) is 10.8 Å². The molecule has 4 aliphatic carbocycles. The van der Waals surface area contributed by atoms with Crippen LogP contribution in [0.1, 0.15) is 37.7 Å². The van der Waals surface area contributed by atoms with Crippen molar-refractivity contribution in [2.24, 2.45) is 17.3 Å². The fourth-order valence-corrected chi connectivity index (χ4v) is 7.49. The standard InChI is InChI=1S/C26H30N2O/c29-24(28-13-11-27(12-14-28)23-9-5-2-6-10-23)26-17-20-15-22(26)18-25(16-20,19-26)21-7-3-1-4-8-21/h1-10,20,22H,11-19H2. The Morgan fingerprint density at radius 2 is 1.52 bits per heavy atom. The lowest BCUT2D eigenvalue weighted by atomic mass is 9.63. The topological polar surface area (TPSA) is 23.6 Å². The van der Waals surface area contributed by atoms with Crippen LogP contribution in [0.4, 0.5) is 5.69 Å². The number of nitrogens with zero attached hydrogens (tertiary/aromatic N) is 2. The van der Waals surface area contributed by atoms with E-state index in [1.165, 1.54) is 30.5 Å². The largest absolute Gasteiger partial charge is 0.368 e. The maximum absolute atomic E-state index is 13.9. The number of hydrogen-bond acceptors (Lipinski definition) is 2. The minimum Gasteiger partial charge on any atom is -0.368 e. The molecule has 4 saturated carbocycles. The Labute approximate surface area is 173 Å². The van der Waals surface area contributed by atoms with Gasteiger partial charge in [0.1, 0.15) is 0 Å². The second-order valence-electron chi connectivity index (χ2n) is 10.0. The van der Waals surface area contributed by atoms with Gasteiger partial charge in [-0.25, -0.2) is 0 Å². The Hall–Kier alpha value is -2.29. The van der Waals surface area contributed by atoms with Gasteiger partial charge in [0.2, 0.25) is 5.91 Å². The molecule has 5 fully saturated rings. The molecule has 0 radical (unpaired) electrons. The quantitative estimate of drug-likeness (QED) is 0.776. The third-order valence-electron chi connectivity index (χ3n) is 8.52. The van der Waals surface area contributed by atoms with Crippen LogP contribution in [0.2, 0.25) is 0 Å². The molecule has 150 valence electrons. The number of rotatable bonds is 3. The molecule has 2 aromatic carbocycles. The molecular formula is C26H30N2O. The first-order chi connectivity index (χ1) is 14.2. The number of carbonyl (C=O) groups excluding carboxylic acids is 1. The van der Waals surface area contributed by atoms with Crippen molar-refractivity contribution in [3.05, 3.63) is 66.2 Å². The van der Waals surface area contributed by atoms with Gasteiger partial charge in [-0.2, -0.15) is 0 Å². The van der Waals surface area contributed by atoms with Crippen LogP contribution in [0.15, 0.2) is 60.7 Å². The normalized spacial score (nSPS) is 35.3. The Morgan fingerprint density at radius 1 is 0.828 bits per heavy atom. The summed E-state index contributed by atoms with van der Waals surface area (Å²) in [7, 11) is 0. The summed E-state index contributed by atoms with van der Waals surface area (Å²) in [4.78, 5) is 18.5. The highest BCUT2D eigenvalue weighted by atomic mass is 16.2. The summed E-state index contributed by atoms with van der Waals surface area (Å²) < 4.78 is 0. The van der Waals surface area contributed by atoms with Gasteiger partial charge in [-0.05, 0) is 67.1 Å². The molecule has 3 heteroatoms. The number of para-hydroxylation sites is 1. The molecule has 29 heavy (non-hydrogen) atoms. The highest BCUT2D eigenvalue weighted by molar-refractivity contribution is 5.85. The molecule has 0 spiro atoms. The highest BCUT2D eigenvalue weighted by Crippen LogP contribution is 2.71. The van der Waals surface area contributed by atoms with Gasteiger partial charge in [0, 0.05) is 31.9 Å². The summed E-state index contributed by atoms with van der Waals surface area (Å²) in [6.45, 7) is 3.63. The molecule has 0 aromatic heterocycles. The van der Waals surface area contributed by atoms with Crippen molar-refractivity contribution in [2.75, 3.05) is 31.1 Å². The smallest absolute Gasteiger partial charge is 0.229 e. The lowest BCUT2D eigenvalue weighted by molar-refractivity contribution is -0.144. The molecule has 1 aliphatic heterocycles. The van der Waals surface area contributed by atoms with Crippen molar-refractivity contribution in [3.8, 4) is 0 Å². The average Bonchev–Trinajstić information content (AvgIpc) is 3.18. The highest BCUT2D eigenvalue weighted by Gasteiger charge is 2.67. The van der Waals surface area contributed by atoms with Crippen molar-refractivity contribution in [1.29, 1.82) is 0 Å². The van der Waals surface area contributed by atoms with Crippen molar-refractivity contribution >= 4 is 11.6 Å². The van der Waals surface area contributed by atoms with Gasteiger partial charge >= 0.3 is 0 Å². The monoisotopic (exact) mass is 386 g/mol. The van der Waals surface area contributed by atoms with E-state index in [2.05, 4.69) is 70.5 Å². The molecule has 2 aromatic rings. The summed E-state index contributed by atoms with van der Waals surface area (Å²) in [6, 6.07) is 21.7. The summed E-state index contributed by atoms with van der Waals surface area (Å²) in [5.74, 6) is 1.83. The summed E-state index contributed by atoms with van der Waals surface area (Å²) in [5, 5.41) is 0. The number of anilines is 1. The molecule has 4 unspecified atom stereocenters. The molecule has 7 rings (SSSR count). The SMILES string of the molecule is O=C(N1CCN(c2ccccc2)CC1)C12CC3CC1CC(c1ccccc1)(C3)C2. The van der Waals surface area contributed by atoms with Crippen LogP contribution in [-0.2, 0) is 10.2 Å². The summed E-state index contributed by atoms with van der Waals surface area (Å²) in [5.41, 5.74) is 2.95. The molecule has 5 aliphatic rings. The zero-order chi connectivity index (χ0) is 19.5. The third-order valence-corrected chi connectivity index (χ3v) is 8.52. The first-order valence-corrected chi connectivity index (χ1v) is 11.3. The first-order valence-electron chi connectivity index (χ1n) is 11.3. The second kappa shape index (κ2) is 6.35. The fourth-order valence-electron chi connectivity index (χ4n) is 7.49. The van der Waals surface area contributed by atoms with Gasteiger partial charge in [-0.15, -0.1) is 0 Å². The summed E-state index contributed by atoms with van der Waals surface area (Å²) >= 11 is 0. The van der Waals surface area contributed by atoms with E-state index in [0.717, 1.165) is 44.9 Å². The Balaban J connectivity index is 1.22. The number of hydrogen-bond donors (Lipinski definition) is 0. The van der Waals surface area contributed by atoms with E-state index in [1.807, 2.05) is 0 Å². The van der Waals surface area contributed by atoms with Crippen LogP contribution >= 0.6 is 0 Å². The molecule has 0 N–H and O–H groups in total. The predicted molar refractivity (Wildman–Crippen MR) is 116 cm³/mol. The first kappa shape index (κ1) is 17.6. The van der Waals surface area contributed by atoms with E-state index in [1.54, 1.807) is 0 Å². The average molecular weight is 387 g/mol. The van der Waals surface area contributed by atoms with E-state index in [9.17, 15) is 4.79 Å². The van der Waals surface area contributed by atoms with Gasteiger partial charge < -0.3 is 9.80 Å². The molecule has 1 saturated heterocycles. The molecule has 3 nitrogen and oxygen atoms in total. The molecule has 1 amide bonds. The van der Waals surface area contributed by atoms with Crippen LogP contribution < -0.4 is 4.90 Å². The Morgan fingerprint density at radius 3 is 2.24 bits per heavy atom. The maximum atomic E-state index is 13.9. The van der Waals surface area contributed by atoms with Gasteiger partial charge in [0.05, 0.1) is 5.41 Å². The van der Waals surface area contributed by atoms with Crippen molar-refractivity contribution < 1.29 is 4.79 Å². The predicted octanol–water partition coefficient (Wildman–Crippen LogP) is 4.48. The molecular weight excluding hydrogens is 356 g/mol. The van der Waals surface area contributed by atoms with Crippen LogP contribution in [0.3, 0.4) is 0 Å². The fraction of sp³-hybridized carbons (Fsp3) is 0.500.